The second kappa shape index (κ2) is 6.49. The third kappa shape index (κ3) is 5.83. The van der Waals surface area contributed by atoms with Gasteiger partial charge in [-0.05, 0) is 48.9 Å². The van der Waals surface area contributed by atoms with E-state index in [1.807, 2.05) is 0 Å². The predicted molar refractivity (Wildman–Crippen MR) is 72.6 cm³/mol. The largest absolute Gasteiger partial charge is 0.446 e. The van der Waals surface area contributed by atoms with Gasteiger partial charge in [-0.15, -0.1) is 0 Å². The Bertz CT molecular complexity index is 458. The summed E-state index contributed by atoms with van der Waals surface area (Å²) in [5.41, 5.74) is -3.79. The van der Waals surface area contributed by atoms with E-state index in [1.165, 1.54) is 37.1 Å². The first-order chi connectivity index (χ1) is 9.42. The van der Waals surface area contributed by atoms with Gasteiger partial charge in [0, 0.05) is 29.6 Å². The first-order valence-electron chi connectivity index (χ1n) is 6.31. The van der Waals surface area contributed by atoms with Crippen LogP contribution in [0.3, 0.4) is 0 Å². The van der Waals surface area contributed by atoms with Gasteiger partial charge in [0.25, 0.3) is 0 Å². The number of anilines is 1. The van der Waals surface area contributed by atoms with E-state index in [2.05, 4.69) is 10.6 Å². The van der Waals surface area contributed by atoms with Gasteiger partial charge in [-0.25, -0.2) is 0 Å². The van der Waals surface area contributed by atoms with Gasteiger partial charge in [0.2, 0.25) is 5.91 Å². The zero-order valence-corrected chi connectivity index (χ0v) is 11.5. The second-order valence-corrected chi connectivity index (χ2v) is 5.74. The molecule has 7 heteroatoms. The Balaban J connectivity index is 1.75. The number of benzene rings is 1. The van der Waals surface area contributed by atoms with Crippen molar-refractivity contribution in [3.63, 3.8) is 0 Å². The molecule has 1 aromatic rings. The Morgan fingerprint density at radius 1 is 1.25 bits per heavy atom. The zero-order chi connectivity index (χ0) is 14.6. The Kier molecular flexibility index (Phi) is 4.93. The van der Waals surface area contributed by atoms with Crippen molar-refractivity contribution in [1.82, 2.24) is 5.32 Å². The van der Waals surface area contributed by atoms with E-state index >= 15 is 0 Å². The van der Waals surface area contributed by atoms with Crippen LogP contribution in [0.5, 0.6) is 0 Å². The van der Waals surface area contributed by atoms with Crippen molar-refractivity contribution < 1.29 is 18.0 Å². The van der Waals surface area contributed by atoms with Gasteiger partial charge >= 0.3 is 5.51 Å². The molecule has 1 aliphatic rings. The summed E-state index contributed by atoms with van der Waals surface area (Å²) in [6, 6.07) is 6.19. The topological polar surface area (TPSA) is 41.1 Å². The lowest BCUT2D eigenvalue weighted by atomic mass is 10.3. The highest BCUT2D eigenvalue weighted by Gasteiger charge is 2.29. The summed E-state index contributed by atoms with van der Waals surface area (Å²) < 4.78 is 36.4. The van der Waals surface area contributed by atoms with Crippen molar-refractivity contribution in [2.45, 2.75) is 35.7 Å². The summed E-state index contributed by atoms with van der Waals surface area (Å²) in [6.07, 6.45) is 2.69. The van der Waals surface area contributed by atoms with Gasteiger partial charge in [0.05, 0.1) is 0 Å². The molecule has 0 radical (unpaired) electrons. The summed E-state index contributed by atoms with van der Waals surface area (Å²) >= 11 is -0.170. The van der Waals surface area contributed by atoms with Crippen LogP contribution < -0.4 is 10.6 Å². The lowest BCUT2D eigenvalue weighted by Crippen LogP contribution is -2.23. The predicted octanol–water partition coefficient (Wildman–Crippen LogP) is 3.38. The van der Waals surface area contributed by atoms with E-state index in [0.29, 0.717) is 24.7 Å². The number of nitrogens with one attached hydrogen (secondary N) is 2. The minimum atomic E-state index is -4.29. The fourth-order valence-electron chi connectivity index (χ4n) is 1.64. The molecule has 2 N–H and O–H groups in total. The quantitative estimate of drug-likeness (QED) is 0.792. The number of rotatable bonds is 6. The zero-order valence-electron chi connectivity index (χ0n) is 10.7. The summed E-state index contributed by atoms with van der Waals surface area (Å²) in [5, 5.41) is 5.88. The van der Waals surface area contributed by atoms with Gasteiger partial charge in [-0.2, -0.15) is 13.2 Å². The molecule has 0 heterocycles. The number of halogens is 3. The van der Waals surface area contributed by atoms with Gasteiger partial charge in [0.1, 0.15) is 0 Å². The van der Waals surface area contributed by atoms with Gasteiger partial charge in [-0.3, -0.25) is 4.79 Å². The third-order valence-corrected chi connectivity index (χ3v) is 3.47. The molecule has 2 rings (SSSR count). The van der Waals surface area contributed by atoms with Crippen LogP contribution in [0.4, 0.5) is 18.9 Å². The van der Waals surface area contributed by atoms with Gasteiger partial charge in [0.15, 0.2) is 0 Å². The molecule has 0 spiro atoms. The minimum Gasteiger partial charge on any atom is -0.326 e. The molecule has 0 aliphatic heterocycles. The van der Waals surface area contributed by atoms with Crippen LogP contribution in [-0.2, 0) is 4.79 Å². The third-order valence-electron chi connectivity index (χ3n) is 2.73. The molecule has 1 aliphatic carbocycles. The van der Waals surface area contributed by atoms with E-state index in [0.717, 1.165) is 0 Å². The van der Waals surface area contributed by atoms with Crippen LogP contribution >= 0.6 is 11.8 Å². The molecular formula is C13H15F3N2OS. The molecule has 3 nitrogen and oxygen atoms in total. The molecule has 0 saturated heterocycles. The highest BCUT2D eigenvalue weighted by Crippen LogP contribution is 2.37. The highest BCUT2D eigenvalue weighted by atomic mass is 32.2. The van der Waals surface area contributed by atoms with Gasteiger partial charge in [-0.1, -0.05) is 0 Å². The molecule has 0 bridgehead atoms. The SMILES string of the molecule is O=C(CCNC1CC1)Nc1ccc(SC(F)(F)F)cc1. The molecule has 110 valence electrons. The fraction of sp³-hybridized carbons (Fsp3) is 0.462. The van der Waals surface area contributed by atoms with Crippen molar-refractivity contribution in [2.24, 2.45) is 0 Å². The smallest absolute Gasteiger partial charge is 0.326 e. The number of alkyl halides is 3. The van der Waals surface area contributed by atoms with Crippen molar-refractivity contribution in [3.8, 4) is 0 Å². The van der Waals surface area contributed by atoms with Crippen molar-refractivity contribution >= 4 is 23.4 Å². The maximum Gasteiger partial charge on any atom is 0.446 e. The second-order valence-electron chi connectivity index (χ2n) is 4.60. The number of hydrogen-bond donors (Lipinski definition) is 2. The number of amides is 1. The molecular weight excluding hydrogens is 289 g/mol. The average Bonchev–Trinajstić information content (AvgIpc) is 3.14. The lowest BCUT2D eigenvalue weighted by molar-refractivity contribution is -0.116. The standard InChI is InChI=1S/C13H15F3N2OS/c14-13(15,16)20-11-5-3-10(4-6-11)18-12(19)7-8-17-9-1-2-9/h3-6,9,17H,1-2,7-8H2,(H,18,19). The van der Waals surface area contributed by atoms with Crippen LogP contribution in [-0.4, -0.2) is 24.0 Å². The molecule has 1 fully saturated rings. The van der Waals surface area contributed by atoms with E-state index in [4.69, 9.17) is 0 Å². The summed E-state index contributed by atoms with van der Waals surface area (Å²) in [7, 11) is 0. The van der Waals surface area contributed by atoms with E-state index in [1.54, 1.807) is 0 Å². The Morgan fingerprint density at radius 2 is 1.90 bits per heavy atom. The van der Waals surface area contributed by atoms with Crippen molar-refractivity contribution in [1.29, 1.82) is 0 Å². The Hall–Kier alpha value is -1.21. The number of carbonyl (C=O) groups excluding carboxylic acids is 1. The monoisotopic (exact) mass is 304 g/mol. The molecule has 1 aromatic carbocycles. The molecule has 1 saturated carbocycles. The van der Waals surface area contributed by atoms with Crippen molar-refractivity contribution in [2.75, 3.05) is 11.9 Å². The van der Waals surface area contributed by atoms with Crippen molar-refractivity contribution in [3.05, 3.63) is 24.3 Å². The van der Waals surface area contributed by atoms with Crippen LogP contribution in [0.15, 0.2) is 29.2 Å². The first-order valence-corrected chi connectivity index (χ1v) is 7.13. The Labute approximate surface area is 119 Å². The van der Waals surface area contributed by atoms with Crippen LogP contribution in [0.25, 0.3) is 0 Å². The fourth-order valence-corrected chi connectivity index (χ4v) is 2.18. The Morgan fingerprint density at radius 3 is 2.45 bits per heavy atom. The lowest BCUT2D eigenvalue weighted by Gasteiger charge is -2.08. The van der Waals surface area contributed by atoms with E-state index in [9.17, 15) is 18.0 Å². The minimum absolute atomic E-state index is 0.103. The first kappa shape index (κ1) is 15.2. The normalized spacial score (nSPS) is 15.2. The highest BCUT2D eigenvalue weighted by molar-refractivity contribution is 8.00. The molecule has 1 amide bonds. The summed E-state index contributed by atoms with van der Waals surface area (Å²) in [4.78, 5) is 11.7. The maximum atomic E-state index is 12.1. The molecule has 0 atom stereocenters. The van der Waals surface area contributed by atoms with E-state index in [-0.39, 0.29) is 22.6 Å². The number of thioether (sulfide) groups is 1. The average molecular weight is 304 g/mol. The maximum absolute atomic E-state index is 12.1. The van der Waals surface area contributed by atoms with Crippen LogP contribution in [0.1, 0.15) is 19.3 Å². The van der Waals surface area contributed by atoms with Gasteiger partial charge < -0.3 is 10.6 Å². The van der Waals surface area contributed by atoms with Crippen LogP contribution in [0, 0.1) is 0 Å². The number of carbonyl (C=O) groups is 1. The number of hydrogen-bond acceptors (Lipinski definition) is 3. The van der Waals surface area contributed by atoms with Crippen LogP contribution in [0.2, 0.25) is 0 Å². The summed E-state index contributed by atoms with van der Waals surface area (Å²) in [5.74, 6) is -0.144. The summed E-state index contributed by atoms with van der Waals surface area (Å²) in [6.45, 7) is 0.624. The molecule has 0 unspecified atom stereocenters. The molecule has 0 aromatic heterocycles. The molecule has 20 heavy (non-hydrogen) atoms. The van der Waals surface area contributed by atoms with E-state index < -0.39 is 5.51 Å².